The minimum absolute atomic E-state index is 0.508. The molecule has 2 atom stereocenters. The molecule has 2 aliphatic rings. The first-order chi connectivity index (χ1) is 10.3. The Balaban J connectivity index is 1.74. The van der Waals surface area contributed by atoms with Crippen LogP contribution in [0, 0.1) is 12.8 Å². The van der Waals surface area contributed by atoms with E-state index in [-0.39, 0.29) is 0 Å². The molecule has 1 aromatic heterocycles. The quantitative estimate of drug-likeness (QED) is 0.940. The van der Waals surface area contributed by atoms with Gasteiger partial charge in [-0.05, 0) is 69.0 Å². The molecule has 2 fully saturated rings. The lowest BCUT2D eigenvalue weighted by molar-refractivity contribution is 0.220. The number of likely N-dealkylation sites (tertiary alicyclic amines) is 1. The van der Waals surface area contributed by atoms with Gasteiger partial charge in [0.1, 0.15) is 0 Å². The third kappa shape index (κ3) is 2.34. The summed E-state index contributed by atoms with van der Waals surface area (Å²) < 4.78 is 0. The lowest BCUT2D eigenvalue weighted by Crippen LogP contribution is -2.29. The van der Waals surface area contributed by atoms with Crippen LogP contribution in [0.3, 0.4) is 0 Å². The van der Waals surface area contributed by atoms with E-state index in [1.54, 1.807) is 0 Å². The van der Waals surface area contributed by atoms with Gasteiger partial charge in [-0.15, -0.1) is 0 Å². The van der Waals surface area contributed by atoms with Crippen molar-refractivity contribution in [2.75, 3.05) is 13.1 Å². The molecule has 4 rings (SSSR count). The molecule has 110 valence electrons. The number of benzene rings is 1. The summed E-state index contributed by atoms with van der Waals surface area (Å²) in [6, 6.07) is 12.4. The van der Waals surface area contributed by atoms with Gasteiger partial charge in [0.25, 0.3) is 0 Å². The van der Waals surface area contributed by atoms with Gasteiger partial charge in [0.15, 0.2) is 0 Å². The van der Waals surface area contributed by atoms with Gasteiger partial charge in [0.2, 0.25) is 0 Å². The van der Waals surface area contributed by atoms with E-state index in [1.165, 1.54) is 36.8 Å². The number of aromatic nitrogens is 1. The Morgan fingerprint density at radius 3 is 2.81 bits per heavy atom. The zero-order valence-corrected chi connectivity index (χ0v) is 12.6. The first-order valence-corrected chi connectivity index (χ1v) is 8.09. The van der Waals surface area contributed by atoms with Gasteiger partial charge in [-0.1, -0.05) is 12.1 Å². The fraction of sp³-hybridized carbons (Fsp3) is 0.500. The fourth-order valence-electron chi connectivity index (χ4n) is 3.84. The van der Waals surface area contributed by atoms with Crippen LogP contribution in [0.15, 0.2) is 30.3 Å². The number of nitrogens with zero attached hydrogens (tertiary/aromatic N) is 2. The van der Waals surface area contributed by atoms with Crippen LogP contribution in [-0.4, -0.2) is 29.0 Å². The Labute approximate surface area is 126 Å². The molecular formula is C18H23N3. The van der Waals surface area contributed by atoms with Gasteiger partial charge in [-0.25, -0.2) is 0 Å². The van der Waals surface area contributed by atoms with Crippen molar-refractivity contribution >= 4 is 10.9 Å². The molecule has 3 nitrogen and oxygen atoms in total. The number of hydrogen-bond acceptors (Lipinski definition) is 3. The molecule has 2 heterocycles. The number of aryl methyl sites for hydroxylation is 1. The average molecular weight is 281 g/mol. The molecule has 0 bridgehead atoms. The molecule has 0 radical (unpaired) electrons. The first kappa shape index (κ1) is 13.2. The Morgan fingerprint density at radius 2 is 2.05 bits per heavy atom. The average Bonchev–Trinajstić information content (AvgIpc) is 3.26. The van der Waals surface area contributed by atoms with Crippen LogP contribution in [0.5, 0.6) is 0 Å². The molecule has 21 heavy (non-hydrogen) atoms. The van der Waals surface area contributed by atoms with E-state index in [1.807, 2.05) is 6.92 Å². The van der Waals surface area contributed by atoms with Gasteiger partial charge in [-0.3, -0.25) is 9.88 Å². The highest BCUT2D eigenvalue weighted by Gasteiger charge is 2.42. The summed E-state index contributed by atoms with van der Waals surface area (Å²) in [5.41, 5.74) is 9.64. The zero-order chi connectivity index (χ0) is 14.4. The third-order valence-corrected chi connectivity index (χ3v) is 5.07. The highest BCUT2D eigenvalue weighted by molar-refractivity contribution is 5.79. The third-order valence-electron chi connectivity index (χ3n) is 5.07. The number of nitrogens with two attached hydrogens (primary N) is 1. The van der Waals surface area contributed by atoms with Crippen LogP contribution in [0.1, 0.15) is 36.6 Å². The maximum Gasteiger partial charge on any atom is 0.0705 e. The second-order valence-electron chi connectivity index (χ2n) is 6.60. The molecule has 1 aliphatic heterocycles. The fourth-order valence-corrected chi connectivity index (χ4v) is 3.84. The standard InChI is InChI=1S/C18H23N3/c1-12-2-3-13-10-14(4-7-17(13)20-12)18-15(11-19)8-9-21(18)16-5-6-16/h2-4,7,10,15-16,18H,5-6,8-9,11,19H2,1H3. The van der Waals surface area contributed by atoms with Crippen molar-refractivity contribution in [2.45, 2.75) is 38.3 Å². The molecule has 0 spiro atoms. The number of pyridine rings is 1. The SMILES string of the molecule is Cc1ccc2cc(C3C(CN)CCN3C3CC3)ccc2n1. The number of rotatable bonds is 3. The molecular weight excluding hydrogens is 258 g/mol. The van der Waals surface area contributed by atoms with Gasteiger partial charge in [0, 0.05) is 23.2 Å². The Morgan fingerprint density at radius 1 is 1.19 bits per heavy atom. The highest BCUT2D eigenvalue weighted by Crippen LogP contribution is 2.44. The lowest BCUT2D eigenvalue weighted by atomic mass is 9.92. The summed E-state index contributed by atoms with van der Waals surface area (Å²) in [6.07, 6.45) is 3.96. The molecule has 1 saturated heterocycles. The molecule has 2 aromatic rings. The van der Waals surface area contributed by atoms with E-state index in [0.29, 0.717) is 12.0 Å². The van der Waals surface area contributed by atoms with Crippen molar-refractivity contribution in [1.29, 1.82) is 0 Å². The van der Waals surface area contributed by atoms with Crippen LogP contribution in [0.25, 0.3) is 10.9 Å². The molecule has 2 N–H and O–H groups in total. The molecule has 0 amide bonds. The van der Waals surface area contributed by atoms with Gasteiger partial charge in [-0.2, -0.15) is 0 Å². The maximum absolute atomic E-state index is 6.04. The molecule has 1 saturated carbocycles. The normalized spacial score (nSPS) is 26.6. The van der Waals surface area contributed by atoms with E-state index >= 15 is 0 Å². The van der Waals surface area contributed by atoms with E-state index in [4.69, 9.17) is 5.73 Å². The number of hydrogen-bond donors (Lipinski definition) is 1. The van der Waals surface area contributed by atoms with Crippen LogP contribution in [0.4, 0.5) is 0 Å². The topological polar surface area (TPSA) is 42.1 Å². The minimum Gasteiger partial charge on any atom is -0.330 e. The van der Waals surface area contributed by atoms with Gasteiger partial charge in [0.05, 0.1) is 5.52 Å². The summed E-state index contributed by atoms with van der Waals surface area (Å²) in [5.74, 6) is 0.599. The van der Waals surface area contributed by atoms with E-state index in [0.717, 1.165) is 23.8 Å². The summed E-state index contributed by atoms with van der Waals surface area (Å²) in [6.45, 7) is 4.04. The van der Waals surface area contributed by atoms with E-state index in [9.17, 15) is 0 Å². The molecule has 3 heteroatoms. The molecule has 1 aliphatic carbocycles. The summed E-state index contributed by atoms with van der Waals surface area (Å²) >= 11 is 0. The maximum atomic E-state index is 6.04. The first-order valence-electron chi connectivity index (χ1n) is 8.09. The summed E-state index contributed by atoms with van der Waals surface area (Å²) in [4.78, 5) is 7.31. The minimum atomic E-state index is 0.508. The largest absolute Gasteiger partial charge is 0.330 e. The van der Waals surface area contributed by atoms with Gasteiger partial charge >= 0.3 is 0 Å². The second kappa shape index (κ2) is 5.08. The van der Waals surface area contributed by atoms with Crippen molar-refractivity contribution in [3.63, 3.8) is 0 Å². The van der Waals surface area contributed by atoms with E-state index in [2.05, 4.69) is 40.2 Å². The van der Waals surface area contributed by atoms with Crippen molar-refractivity contribution in [1.82, 2.24) is 9.88 Å². The smallest absolute Gasteiger partial charge is 0.0705 e. The van der Waals surface area contributed by atoms with Crippen molar-refractivity contribution < 1.29 is 0 Å². The zero-order valence-electron chi connectivity index (χ0n) is 12.6. The van der Waals surface area contributed by atoms with Crippen LogP contribution >= 0.6 is 0 Å². The highest BCUT2D eigenvalue weighted by atomic mass is 15.2. The van der Waals surface area contributed by atoms with Crippen molar-refractivity contribution in [3.05, 3.63) is 41.6 Å². The Kier molecular flexibility index (Phi) is 3.20. The van der Waals surface area contributed by atoms with Gasteiger partial charge < -0.3 is 5.73 Å². The van der Waals surface area contributed by atoms with E-state index < -0.39 is 0 Å². The molecule has 2 unspecified atom stereocenters. The Bertz CT molecular complexity index is 663. The second-order valence-corrected chi connectivity index (χ2v) is 6.60. The number of fused-ring (bicyclic) bond motifs is 1. The van der Waals surface area contributed by atoms with Crippen molar-refractivity contribution in [2.24, 2.45) is 11.7 Å². The van der Waals surface area contributed by atoms with Crippen LogP contribution in [0.2, 0.25) is 0 Å². The predicted octanol–water partition coefficient (Wildman–Crippen LogP) is 3.03. The van der Waals surface area contributed by atoms with Crippen LogP contribution < -0.4 is 5.73 Å². The summed E-state index contributed by atoms with van der Waals surface area (Å²) in [7, 11) is 0. The monoisotopic (exact) mass is 281 g/mol. The van der Waals surface area contributed by atoms with Crippen molar-refractivity contribution in [3.8, 4) is 0 Å². The predicted molar refractivity (Wildman–Crippen MR) is 86.1 cm³/mol. The molecule has 1 aromatic carbocycles. The lowest BCUT2D eigenvalue weighted by Gasteiger charge is -2.28. The Hall–Kier alpha value is -1.45. The summed E-state index contributed by atoms with van der Waals surface area (Å²) in [5, 5.41) is 1.25. The van der Waals surface area contributed by atoms with Crippen LogP contribution in [-0.2, 0) is 0 Å².